The number of nitrogens with zero attached hydrogens (tertiary/aromatic N) is 4. The zero-order valence-corrected chi connectivity index (χ0v) is 13.2. The first-order valence-corrected chi connectivity index (χ1v) is 7.41. The van der Waals surface area contributed by atoms with E-state index in [1.54, 1.807) is 6.92 Å². The van der Waals surface area contributed by atoms with Gasteiger partial charge in [-0.1, -0.05) is 0 Å². The van der Waals surface area contributed by atoms with Crippen molar-refractivity contribution < 1.29 is 19.8 Å². The smallest absolute Gasteiger partial charge is 0.341 e. The number of hydrogen-bond donors (Lipinski definition) is 1. The summed E-state index contributed by atoms with van der Waals surface area (Å²) in [7, 11) is 0. The molecule has 0 aliphatic carbocycles. The predicted octanol–water partition coefficient (Wildman–Crippen LogP) is 1.66. The van der Waals surface area contributed by atoms with E-state index in [-0.39, 0.29) is 28.1 Å². The lowest BCUT2D eigenvalue weighted by atomic mass is 10.1. The Kier molecular flexibility index (Phi) is 3.22. The number of aryl methyl sites for hydroxylation is 1. The molecule has 0 amide bonds. The summed E-state index contributed by atoms with van der Waals surface area (Å²) in [6, 6.07) is 2.11. The van der Waals surface area contributed by atoms with Gasteiger partial charge in [-0.2, -0.15) is 0 Å². The van der Waals surface area contributed by atoms with Crippen LogP contribution in [0.5, 0.6) is 0 Å². The van der Waals surface area contributed by atoms with Crippen molar-refractivity contribution >= 4 is 22.6 Å². The molecular formula is C16H17FN4O4. The summed E-state index contributed by atoms with van der Waals surface area (Å²) < 4.78 is 48.0. The van der Waals surface area contributed by atoms with E-state index in [0.717, 1.165) is 17.2 Å². The molecule has 1 fully saturated rings. The first-order chi connectivity index (χ1) is 13.4. The van der Waals surface area contributed by atoms with Crippen molar-refractivity contribution in [2.75, 3.05) is 31.0 Å². The summed E-state index contributed by atoms with van der Waals surface area (Å²) in [5.41, 5.74) is -1.33. The fourth-order valence-electron chi connectivity index (χ4n) is 2.70. The van der Waals surface area contributed by atoms with Gasteiger partial charge >= 0.3 is 5.97 Å². The number of nitroso groups, excluding NO2 is 1. The Morgan fingerprint density at radius 2 is 2.08 bits per heavy atom. The average molecular weight is 352 g/mol. The summed E-state index contributed by atoms with van der Waals surface area (Å²) in [5.74, 6) is -2.39. The number of rotatable bonds is 4. The van der Waals surface area contributed by atoms with Crippen LogP contribution < -0.4 is 10.3 Å². The van der Waals surface area contributed by atoms with Gasteiger partial charge in [0.25, 0.3) is 0 Å². The molecule has 3 rings (SSSR count). The standard InChI is InChI=1S/C16H17FN4O4/c1-2-19-9-11(16(23)24)15(22)10-7-12(17)14(8-13(10)19)20-3-5-21(18-25)6-4-20/h7-9H,2-6H2,1H3,(H,23,24)/i5D2,6D2. The Hall–Kier alpha value is -2.97. The van der Waals surface area contributed by atoms with Crippen molar-refractivity contribution in [3.05, 3.63) is 44.8 Å². The minimum atomic E-state index is -2.51. The molecule has 1 aromatic heterocycles. The van der Waals surface area contributed by atoms with E-state index in [1.165, 1.54) is 10.6 Å². The normalized spacial score (nSPS) is 21.2. The van der Waals surface area contributed by atoms with Crippen molar-refractivity contribution in [1.82, 2.24) is 9.58 Å². The summed E-state index contributed by atoms with van der Waals surface area (Å²) in [6.45, 7) is -4.16. The highest BCUT2D eigenvalue weighted by atomic mass is 19.1. The minimum Gasteiger partial charge on any atom is -0.477 e. The summed E-state index contributed by atoms with van der Waals surface area (Å²) in [5, 5.41) is 11.6. The number of hydrogen-bond acceptors (Lipinski definition) is 5. The third-order valence-corrected chi connectivity index (χ3v) is 3.96. The molecule has 1 saturated heterocycles. The third kappa shape index (κ3) is 2.92. The molecule has 0 bridgehead atoms. The number of halogens is 1. The second-order valence-corrected chi connectivity index (χ2v) is 5.35. The van der Waals surface area contributed by atoms with Crippen LogP contribution in [0, 0.1) is 10.7 Å². The van der Waals surface area contributed by atoms with Crippen LogP contribution >= 0.6 is 0 Å². The lowest BCUT2D eigenvalue weighted by molar-refractivity contribution is 0.0695. The van der Waals surface area contributed by atoms with Crippen LogP contribution in [-0.2, 0) is 6.54 Å². The van der Waals surface area contributed by atoms with Crippen molar-refractivity contribution in [3.63, 3.8) is 0 Å². The highest BCUT2D eigenvalue weighted by molar-refractivity contribution is 5.93. The molecule has 25 heavy (non-hydrogen) atoms. The van der Waals surface area contributed by atoms with Gasteiger partial charge in [-0.15, -0.1) is 4.91 Å². The maximum Gasteiger partial charge on any atom is 0.341 e. The van der Waals surface area contributed by atoms with Gasteiger partial charge in [0.1, 0.15) is 11.4 Å². The number of benzene rings is 1. The van der Waals surface area contributed by atoms with E-state index in [4.69, 9.17) is 5.48 Å². The summed E-state index contributed by atoms with van der Waals surface area (Å²) >= 11 is 0. The Morgan fingerprint density at radius 1 is 1.40 bits per heavy atom. The van der Waals surface area contributed by atoms with Crippen molar-refractivity contribution in [1.29, 1.82) is 0 Å². The number of pyridine rings is 1. The first-order valence-electron chi connectivity index (χ1n) is 9.41. The first kappa shape index (κ1) is 12.4. The molecular weight excluding hydrogens is 331 g/mol. The Bertz CT molecular complexity index is 1060. The molecule has 1 aliphatic heterocycles. The van der Waals surface area contributed by atoms with Gasteiger partial charge < -0.3 is 14.6 Å². The molecule has 0 unspecified atom stereocenters. The predicted molar refractivity (Wildman–Crippen MR) is 90.4 cm³/mol. The van der Waals surface area contributed by atoms with Crippen LogP contribution in [0.25, 0.3) is 10.9 Å². The second-order valence-electron chi connectivity index (χ2n) is 5.35. The molecule has 0 radical (unpaired) electrons. The van der Waals surface area contributed by atoms with Gasteiger partial charge in [0.05, 0.1) is 35.0 Å². The molecule has 8 nitrogen and oxygen atoms in total. The van der Waals surface area contributed by atoms with Gasteiger partial charge in [0.15, 0.2) is 0 Å². The molecule has 9 heteroatoms. The lowest BCUT2D eigenvalue weighted by Gasteiger charge is -2.33. The van der Waals surface area contributed by atoms with Crippen LogP contribution in [-0.4, -0.2) is 46.7 Å². The molecule has 0 saturated carbocycles. The van der Waals surface area contributed by atoms with Gasteiger partial charge in [-0.3, -0.25) is 9.80 Å². The molecule has 2 aromatic rings. The molecule has 1 aliphatic rings. The number of fused-ring (bicyclic) bond motifs is 1. The minimum absolute atomic E-state index is 0.160. The van der Waals surface area contributed by atoms with Crippen LogP contribution in [0.15, 0.2) is 28.4 Å². The Labute approximate surface area is 147 Å². The Balaban J connectivity index is 2.20. The van der Waals surface area contributed by atoms with Crippen LogP contribution in [0.3, 0.4) is 0 Å². The largest absolute Gasteiger partial charge is 0.477 e. The number of aromatic nitrogens is 1. The van der Waals surface area contributed by atoms with Crippen LogP contribution in [0.2, 0.25) is 0 Å². The Morgan fingerprint density at radius 3 is 2.64 bits per heavy atom. The molecule has 0 atom stereocenters. The van der Waals surface area contributed by atoms with E-state index < -0.39 is 48.9 Å². The zero-order valence-electron chi connectivity index (χ0n) is 17.2. The highest BCUT2D eigenvalue weighted by Crippen LogP contribution is 2.26. The highest BCUT2D eigenvalue weighted by Gasteiger charge is 2.22. The zero-order chi connectivity index (χ0) is 21.7. The molecule has 1 N–H and O–H groups in total. The fourth-order valence-corrected chi connectivity index (χ4v) is 2.70. The number of carboxylic acids is 1. The van der Waals surface area contributed by atoms with E-state index in [1.807, 2.05) is 0 Å². The number of anilines is 1. The number of aromatic carboxylic acids is 1. The second kappa shape index (κ2) is 6.50. The van der Waals surface area contributed by atoms with E-state index in [0.29, 0.717) is 0 Å². The number of piperazine rings is 1. The van der Waals surface area contributed by atoms with Crippen molar-refractivity contribution in [3.8, 4) is 0 Å². The lowest BCUT2D eigenvalue weighted by Crippen LogP contribution is -2.44. The van der Waals surface area contributed by atoms with Gasteiger partial charge in [-0.05, 0) is 19.1 Å². The van der Waals surface area contributed by atoms with Crippen LogP contribution in [0.1, 0.15) is 22.8 Å². The van der Waals surface area contributed by atoms with E-state index >= 15 is 0 Å². The summed E-state index contributed by atoms with van der Waals surface area (Å²) in [6.07, 6.45) is 1.14. The third-order valence-electron chi connectivity index (χ3n) is 3.96. The van der Waals surface area contributed by atoms with Crippen LogP contribution in [0.4, 0.5) is 10.1 Å². The van der Waals surface area contributed by atoms with Gasteiger partial charge in [-0.25, -0.2) is 9.18 Å². The topological polar surface area (TPSA) is 95.2 Å². The number of carbonyl (C=O) groups is 1. The maximum atomic E-state index is 14.9. The van der Waals surface area contributed by atoms with Gasteiger partial charge in [0.2, 0.25) is 5.43 Å². The quantitative estimate of drug-likeness (QED) is 0.841. The van der Waals surface area contributed by atoms with Crippen molar-refractivity contribution in [2.24, 2.45) is 5.29 Å². The molecule has 2 heterocycles. The molecule has 1 aromatic carbocycles. The molecule has 0 spiro atoms. The van der Waals surface area contributed by atoms with E-state index in [9.17, 15) is 24.0 Å². The maximum absolute atomic E-state index is 14.9. The van der Waals surface area contributed by atoms with E-state index in [2.05, 4.69) is 5.29 Å². The SMILES string of the molecule is [2H]C1([2H])CN(c2cc3c(cc2F)c(=O)c(C(=O)O)cn3CC)CC([2H])([2H])N1N=O. The monoisotopic (exact) mass is 352 g/mol. The average Bonchev–Trinajstić information content (AvgIpc) is 2.60. The number of carboxylic acid groups (broad SMARTS) is 1. The fraction of sp³-hybridized carbons (Fsp3) is 0.375. The molecule has 132 valence electrons. The van der Waals surface area contributed by atoms with Crippen molar-refractivity contribution in [2.45, 2.75) is 13.5 Å². The van der Waals surface area contributed by atoms with Gasteiger partial charge in [0, 0.05) is 31.2 Å². The summed E-state index contributed by atoms with van der Waals surface area (Å²) in [4.78, 5) is 35.7.